The molecular weight excluding hydrogens is 292 g/mol. The zero-order valence-electron chi connectivity index (χ0n) is 13.6. The summed E-state index contributed by atoms with van der Waals surface area (Å²) >= 11 is 0. The highest BCUT2D eigenvalue weighted by molar-refractivity contribution is 6.13. The van der Waals surface area contributed by atoms with Crippen molar-refractivity contribution in [1.29, 1.82) is 0 Å². The molecular formula is C18H24N2O3. The molecule has 1 aromatic rings. The average Bonchev–Trinajstić information content (AvgIpc) is 3.38. The fourth-order valence-corrected chi connectivity index (χ4v) is 3.20. The third kappa shape index (κ3) is 3.49. The van der Waals surface area contributed by atoms with Gasteiger partial charge in [-0.05, 0) is 37.8 Å². The summed E-state index contributed by atoms with van der Waals surface area (Å²) < 4.78 is 5.16. The summed E-state index contributed by atoms with van der Waals surface area (Å²) in [6, 6.07) is 7.43. The fourth-order valence-electron chi connectivity index (χ4n) is 3.20. The molecule has 5 nitrogen and oxygen atoms in total. The van der Waals surface area contributed by atoms with E-state index in [-0.39, 0.29) is 17.9 Å². The van der Waals surface area contributed by atoms with Gasteiger partial charge in [0.05, 0.1) is 7.11 Å². The van der Waals surface area contributed by atoms with Crippen molar-refractivity contribution in [2.45, 2.75) is 51.0 Å². The van der Waals surface area contributed by atoms with Crippen LogP contribution in [0.25, 0.3) is 0 Å². The molecule has 2 N–H and O–H groups in total. The highest BCUT2D eigenvalue weighted by Gasteiger charge is 2.56. The lowest BCUT2D eigenvalue weighted by molar-refractivity contribution is -0.135. The Balaban J connectivity index is 1.62. The largest absolute Gasteiger partial charge is 0.497 e. The summed E-state index contributed by atoms with van der Waals surface area (Å²) in [6.07, 6.45) is 6.87. The van der Waals surface area contributed by atoms with E-state index < -0.39 is 5.41 Å². The lowest BCUT2D eigenvalue weighted by Crippen LogP contribution is -2.45. The predicted octanol–water partition coefficient (Wildman–Crippen LogP) is 2.86. The van der Waals surface area contributed by atoms with Crippen molar-refractivity contribution in [2.75, 3.05) is 12.4 Å². The van der Waals surface area contributed by atoms with Crippen LogP contribution in [0.15, 0.2) is 24.3 Å². The number of carbonyl (C=O) groups excluding carboxylic acids is 2. The van der Waals surface area contributed by atoms with E-state index in [1.807, 2.05) is 12.1 Å². The first kappa shape index (κ1) is 15.8. The molecule has 23 heavy (non-hydrogen) atoms. The minimum atomic E-state index is -0.874. The van der Waals surface area contributed by atoms with Crippen LogP contribution < -0.4 is 15.4 Å². The molecule has 0 heterocycles. The number of hydrogen-bond acceptors (Lipinski definition) is 3. The second kappa shape index (κ2) is 6.60. The smallest absolute Gasteiger partial charge is 0.240 e. The number of nitrogens with one attached hydrogen (secondary N) is 2. The van der Waals surface area contributed by atoms with Gasteiger partial charge in [-0.25, -0.2) is 0 Å². The zero-order chi connectivity index (χ0) is 16.3. The fraction of sp³-hybridized carbons (Fsp3) is 0.556. The van der Waals surface area contributed by atoms with Crippen LogP contribution in [0, 0.1) is 5.41 Å². The number of ether oxygens (including phenoxy) is 1. The normalized spacial score (nSPS) is 19.7. The van der Waals surface area contributed by atoms with E-state index in [0.29, 0.717) is 24.3 Å². The van der Waals surface area contributed by atoms with Crippen molar-refractivity contribution >= 4 is 17.5 Å². The van der Waals surface area contributed by atoms with Crippen LogP contribution in [-0.2, 0) is 9.59 Å². The molecule has 0 atom stereocenters. The Morgan fingerprint density at radius 2 is 1.87 bits per heavy atom. The summed E-state index contributed by atoms with van der Waals surface area (Å²) in [6.45, 7) is 0. The van der Waals surface area contributed by atoms with Gasteiger partial charge in [0.15, 0.2) is 0 Å². The van der Waals surface area contributed by atoms with E-state index in [0.717, 1.165) is 25.7 Å². The SMILES string of the molecule is COc1cccc(NC(=O)C2(C(=O)NC3CCCCC3)CC2)c1. The number of anilines is 1. The van der Waals surface area contributed by atoms with E-state index in [1.54, 1.807) is 19.2 Å². The quantitative estimate of drug-likeness (QED) is 0.821. The van der Waals surface area contributed by atoms with E-state index in [4.69, 9.17) is 4.74 Å². The third-order valence-electron chi connectivity index (χ3n) is 4.89. The first-order valence-electron chi connectivity index (χ1n) is 8.40. The molecule has 2 saturated carbocycles. The number of benzene rings is 1. The lowest BCUT2D eigenvalue weighted by atomic mass is 9.94. The van der Waals surface area contributed by atoms with Crippen molar-refractivity contribution < 1.29 is 14.3 Å². The van der Waals surface area contributed by atoms with Gasteiger partial charge >= 0.3 is 0 Å². The van der Waals surface area contributed by atoms with Crippen molar-refractivity contribution in [3.05, 3.63) is 24.3 Å². The van der Waals surface area contributed by atoms with Gasteiger partial charge in [-0.2, -0.15) is 0 Å². The van der Waals surface area contributed by atoms with E-state index in [2.05, 4.69) is 10.6 Å². The zero-order valence-corrected chi connectivity index (χ0v) is 13.6. The molecule has 2 aliphatic carbocycles. The molecule has 0 radical (unpaired) electrons. The molecule has 0 aliphatic heterocycles. The Hall–Kier alpha value is -2.04. The van der Waals surface area contributed by atoms with Gasteiger partial charge in [0.25, 0.3) is 0 Å². The lowest BCUT2D eigenvalue weighted by Gasteiger charge is -2.25. The Morgan fingerprint density at radius 1 is 1.13 bits per heavy atom. The molecule has 2 fully saturated rings. The summed E-state index contributed by atoms with van der Waals surface area (Å²) in [4.78, 5) is 25.1. The Kier molecular flexibility index (Phi) is 4.55. The highest BCUT2D eigenvalue weighted by Crippen LogP contribution is 2.47. The summed E-state index contributed by atoms with van der Waals surface area (Å²) in [7, 11) is 1.58. The van der Waals surface area contributed by atoms with Crippen LogP contribution in [0.1, 0.15) is 44.9 Å². The Labute approximate surface area is 136 Å². The molecule has 0 bridgehead atoms. The van der Waals surface area contributed by atoms with E-state index >= 15 is 0 Å². The standard InChI is InChI=1S/C18H24N2O3/c1-23-15-9-5-8-14(12-15)20-17(22)18(10-11-18)16(21)19-13-6-3-2-4-7-13/h5,8-9,12-13H,2-4,6-7,10-11H2,1H3,(H,19,21)(H,20,22). The summed E-state index contributed by atoms with van der Waals surface area (Å²) in [5.74, 6) is 0.364. The van der Waals surface area contributed by atoms with Crippen LogP contribution in [0.4, 0.5) is 5.69 Å². The van der Waals surface area contributed by atoms with Crippen LogP contribution in [0.5, 0.6) is 5.75 Å². The highest BCUT2D eigenvalue weighted by atomic mass is 16.5. The maximum atomic E-state index is 12.6. The minimum Gasteiger partial charge on any atom is -0.497 e. The molecule has 1 aromatic carbocycles. The molecule has 2 amide bonds. The van der Waals surface area contributed by atoms with Gasteiger partial charge < -0.3 is 15.4 Å². The summed E-state index contributed by atoms with van der Waals surface area (Å²) in [5, 5.41) is 5.94. The second-order valence-corrected chi connectivity index (χ2v) is 6.58. The van der Waals surface area contributed by atoms with Crippen molar-refractivity contribution in [3.63, 3.8) is 0 Å². The number of rotatable bonds is 5. The molecule has 0 saturated heterocycles. The van der Waals surface area contributed by atoms with Gasteiger partial charge in [0.2, 0.25) is 11.8 Å². The minimum absolute atomic E-state index is 0.107. The number of methoxy groups -OCH3 is 1. The number of hydrogen-bond donors (Lipinski definition) is 2. The predicted molar refractivity (Wildman–Crippen MR) is 88.3 cm³/mol. The van der Waals surface area contributed by atoms with Crippen LogP contribution in [0.3, 0.4) is 0 Å². The van der Waals surface area contributed by atoms with E-state index in [1.165, 1.54) is 6.42 Å². The maximum Gasteiger partial charge on any atom is 0.240 e. The van der Waals surface area contributed by atoms with Gasteiger partial charge in [0.1, 0.15) is 11.2 Å². The first-order valence-corrected chi connectivity index (χ1v) is 8.40. The topological polar surface area (TPSA) is 67.4 Å². The van der Waals surface area contributed by atoms with Gasteiger partial charge in [-0.1, -0.05) is 25.3 Å². The monoisotopic (exact) mass is 316 g/mol. The van der Waals surface area contributed by atoms with Crippen LogP contribution in [0.2, 0.25) is 0 Å². The first-order chi connectivity index (χ1) is 11.1. The summed E-state index contributed by atoms with van der Waals surface area (Å²) in [5.41, 5.74) is -0.216. The second-order valence-electron chi connectivity index (χ2n) is 6.58. The van der Waals surface area contributed by atoms with Gasteiger partial charge in [-0.3, -0.25) is 9.59 Å². The average molecular weight is 316 g/mol. The van der Waals surface area contributed by atoms with Crippen LogP contribution in [-0.4, -0.2) is 25.0 Å². The van der Waals surface area contributed by atoms with Gasteiger partial charge in [0, 0.05) is 17.8 Å². The molecule has 0 unspecified atom stereocenters. The Morgan fingerprint density at radius 3 is 2.52 bits per heavy atom. The molecule has 3 rings (SSSR count). The van der Waals surface area contributed by atoms with Crippen LogP contribution >= 0.6 is 0 Å². The maximum absolute atomic E-state index is 12.6. The molecule has 5 heteroatoms. The number of amides is 2. The Bertz CT molecular complexity index is 590. The van der Waals surface area contributed by atoms with Crippen molar-refractivity contribution in [1.82, 2.24) is 5.32 Å². The van der Waals surface area contributed by atoms with Crippen molar-refractivity contribution in [2.24, 2.45) is 5.41 Å². The molecule has 2 aliphatic rings. The van der Waals surface area contributed by atoms with E-state index in [9.17, 15) is 9.59 Å². The molecule has 124 valence electrons. The molecule has 0 spiro atoms. The molecule has 0 aromatic heterocycles. The number of carbonyl (C=O) groups is 2. The van der Waals surface area contributed by atoms with Gasteiger partial charge in [-0.15, -0.1) is 0 Å². The van der Waals surface area contributed by atoms with Crippen molar-refractivity contribution in [3.8, 4) is 5.75 Å². The third-order valence-corrected chi connectivity index (χ3v) is 4.89.